The number of hydrogen-bond acceptors (Lipinski definition) is 5. The summed E-state index contributed by atoms with van der Waals surface area (Å²) in [5, 5.41) is 7.99. The van der Waals surface area contributed by atoms with Gasteiger partial charge in [0.2, 0.25) is 0 Å². The van der Waals surface area contributed by atoms with Crippen LogP contribution < -0.4 is 5.73 Å². The van der Waals surface area contributed by atoms with Crippen LogP contribution in [0.2, 0.25) is 0 Å². The number of aliphatic hydroxyl groups is 1. The predicted octanol–water partition coefficient (Wildman–Crippen LogP) is 0.691. The van der Waals surface area contributed by atoms with Crippen molar-refractivity contribution in [1.29, 1.82) is 0 Å². The molecule has 0 aromatic carbocycles. The summed E-state index contributed by atoms with van der Waals surface area (Å²) in [6, 6.07) is 0. The Bertz CT molecular complexity index is 227. The summed E-state index contributed by atoms with van der Waals surface area (Å²) < 4.78 is 10.9. The minimum Gasteiger partial charge on any atom is -0.396 e. The topological polar surface area (TPSA) is 81.8 Å². The summed E-state index contributed by atoms with van der Waals surface area (Å²) in [6.07, 6.45) is 1.21. The van der Waals surface area contributed by atoms with Gasteiger partial charge < -0.3 is 25.1 Å². The molecule has 1 heterocycles. The van der Waals surface area contributed by atoms with Gasteiger partial charge in [0.05, 0.1) is 6.61 Å². The molecule has 0 saturated carbocycles. The first-order valence-electron chi connectivity index (χ1n) is 5.87. The van der Waals surface area contributed by atoms with Crippen molar-refractivity contribution in [3.05, 3.63) is 0 Å². The van der Waals surface area contributed by atoms with Crippen LogP contribution in [0.15, 0.2) is 0 Å². The molecule has 1 atom stereocenters. The summed E-state index contributed by atoms with van der Waals surface area (Å²) in [4.78, 5) is 10.7. The Morgan fingerprint density at radius 2 is 2.00 bits per heavy atom. The lowest BCUT2D eigenvalue weighted by Gasteiger charge is -2.43. The largest absolute Gasteiger partial charge is 0.396 e. The van der Waals surface area contributed by atoms with E-state index in [-0.39, 0.29) is 18.1 Å². The Balaban J connectivity index is 0.000000437. The van der Waals surface area contributed by atoms with Gasteiger partial charge in [-0.1, -0.05) is 13.8 Å². The molecule has 0 radical (unpaired) electrons. The van der Waals surface area contributed by atoms with Crippen molar-refractivity contribution in [2.24, 2.45) is 11.1 Å². The first-order valence-corrected chi connectivity index (χ1v) is 5.87. The van der Waals surface area contributed by atoms with Gasteiger partial charge in [0.15, 0.2) is 5.79 Å². The summed E-state index contributed by atoms with van der Waals surface area (Å²) >= 11 is 0. The molecule has 17 heavy (non-hydrogen) atoms. The van der Waals surface area contributed by atoms with E-state index in [0.717, 1.165) is 12.7 Å². The molecule has 5 heteroatoms. The molecular weight excluding hydrogens is 222 g/mol. The van der Waals surface area contributed by atoms with E-state index in [1.165, 1.54) is 0 Å². The molecule has 0 spiro atoms. The van der Waals surface area contributed by atoms with Gasteiger partial charge in [0, 0.05) is 12.0 Å². The predicted molar refractivity (Wildman–Crippen MR) is 65.5 cm³/mol. The van der Waals surface area contributed by atoms with E-state index in [2.05, 4.69) is 0 Å². The zero-order chi connectivity index (χ0) is 13.5. The van der Waals surface area contributed by atoms with Crippen LogP contribution in [0.25, 0.3) is 0 Å². The summed E-state index contributed by atoms with van der Waals surface area (Å²) in [6.45, 7) is 8.93. The summed E-state index contributed by atoms with van der Waals surface area (Å²) in [5.41, 5.74) is 4.77. The van der Waals surface area contributed by atoms with Crippen LogP contribution in [0.4, 0.5) is 0 Å². The van der Waals surface area contributed by atoms with E-state index in [1.54, 1.807) is 0 Å². The van der Waals surface area contributed by atoms with Crippen LogP contribution in [0.5, 0.6) is 0 Å². The molecule has 1 rings (SSSR count). The van der Waals surface area contributed by atoms with Crippen LogP contribution in [-0.2, 0) is 14.3 Å². The molecule has 0 amide bonds. The third kappa shape index (κ3) is 6.12. The van der Waals surface area contributed by atoms with Gasteiger partial charge in [-0.25, -0.2) is 0 Å². The number of aldehydes is 1. The van der Waals surface area contributed by atoms with Crippen LogP contribution >= 0.6 is 0 Å². The van der Waals surface area contributed by atoms with Gasteiger partial charge in [-0.2, -0.15) is 0 Å². The molecule has 0 aromatic rings. The van der Waals surface area contributed by atoms with Crippen molar-refractivity contribution >= 4 is 6.29 Å². The Kier molecular flexibility index (Phi) is 6.85. The zero-order valence-corrected chi connectivity index (χ0v) is 11.2. The third-order valence-corrected chi connectivity index (χ3v) is 2.46. The van der Waals surface area contributed by atoms with Crippen molar-refractivity contribution in [3.63, 3.8) is 0 Å². The molecule has 5 nitrogen and oxygen atoms in total. The minimum atomic E-state index is -0.624. The van der Waals surface area contributed by atoms with Gasteiger partial charge in [0.1, 0.15) is 12.4 Å². The molecule has 3 N–H and O–H groups in total. The summed E-state index contributed by atoms with van der Waals surface area (Å²) in [7, 11) is 0. The molecular formula is C12H25NO4. The Hall–Kier alpha value is -0.490. The molecule has 1 fully saturated rings. The molecule has 1 unspecified atom stereocenters. The fourth-order valence-corrected chi connectivity index (χ4v) is 1.24. The lowest BCUT2D eigenvalue weighted by atomic mass is 9.87. The zero-order valence-electron chi connectivity index (χ0n) is 11.2. The van der Waals surface area contributed by atoms with Gasteiger partial charge >= 0.3 is 0 Å². The maximum Gasteiger partial charge on any atom is 0.163 e. The van der Waals surface area contributed by atoms with Gasteiger partial charge in [-0.15, -0.1) is 0 Å². The number of rotatable bonds is 3. The summed E-state index contributed by atoms with van der Waals surface area (Å²) in [5.74, 6) is -0.624. The van der Waals surface area contributed by atoms with Gasteiger partial charge in [-0.05, 0) is 26.8 Å². The Labute approximate surface area is 103 Å². The lowest BCUT2D eigenvalue weighted by Crippen LogP contribution is -2.50. The number of aliphatic hydroxyl groups excluding tert-OH is 1. The van der Waals surface area contributed by atoms with E-state index in [4.69, 9.17) is 20.3 Å². The first kappa shape index (κ1) is 16.5. The average molecular weight is 247 g/mol. The third-order valence-electron chi connectivity index (χ3n) is 2.46. The molecule has 1 aliphatic heterocycles. The van der Waals surface area contributed by atoms with Crippen molar-refractivity contribution < 1.29 is 19.4 Å². The van der Waals surface area contributed by atoms with Crippen LogP contribution in [-0.4, -0.2) is 43.0 Å². The number of ether oxygens (including phenoxy) is 2. The highest BCUT2D eigenvalue weighted by molar-refractivity contribution is 5.57. The highest BCUT2D eigenvalue weighted by Crippen LogP contribution is 2.33. The Morgan fingerprint density at radius 1 is 1.41 bits per heavy atom. The monoisotopic (exact) mass is 247 g/mol. The Morgan fingerprint density at radius 3 is 2.29 bits per heavy atom. The standard InChI is InChI=1S/C9H16O3.C3H9NO/c1-8(2)6-11-9(3,4)12-7(8)5-10;4-2-1-3-5/h5,7H,6H2,1-4H3;5H,1-4H2. The van der Waals surface area contributed by atoms with E-state index in [1.807, 2.05) is 27.7 Å². The molecule has 0 aliphatic carbocycles. The van der Waals surface area contributed by atoms with Crippen LogP contribution in [0.3, 0.4) is 0 Å². The molecule has 1 aliphatic rings. The quantitative estimate of drug-likeness (QED) is 0.717. The fraction of sp³-hybridized carbons (Fsp3) is 0.917. The average Bonchev–Trinajstić information content (AvgIpc) is 2.24. The smallest absolute Gasteiger partial charge is 0.163 e. The number of carbonyl (C=O) groups excluding carboxylic acids is 1. The normalized spacial score (nSPS) is 25.6. The van der Waals surface area contributed by atoms with Crippen LogP contribution in [0, 0.1) is 5.41 Å². The van der Waals surface area contributed by atoms with E-state index >= 15 is 0 Å². The van der Waals surface area contributed by atoms with Gasteiger partial charge in [0.25, 0.3) is 0 Å². The maximum atomic E-state index is 10.7. The molecule has 0 bridgehead atoms. The van der Waals surface area contributed by atoms with Gasteiger partial charge in [-0.3, -0.25) is 0 Å². The first-order chi connectivity index (χ1) is 7.79. The fourth-order valence-electron chi connectivity index (χ4n) is 1.24. The van der Waals surface area contributed by atoms with E-state index in [0.29, 0.717) is 13.2 Å². The second kappa shape index (κ2) is 7.06. The van der Waals surface area contributed by atoms with E-state index in [9.17, 15) is 4.79 Å². The van der Waals surface area contributed by atoms with Crippen LogP contribution in [0.1, 0.15) is 34.1 Å². The van der Waals surface area contributed by atoms with Crippen molar-refractivity contribution in [2.75, 3.05) is 19.8 Å². The second-order valence-electron chi connectivity index (χ2n) is 5.22. The number of hydrogen-bond donors (Lipinski definition) is 2. The lowest BCUT2D eigenvalue weighted by molar-refractivity contribution is -0.300. The van der Waals surface area contributed by atoms with Crippen molar-refractivity contribution in [1.82, 2.24) is 0 Å². The highest BCUT2D eigenvalue weighted by atomic mass is 16.7. The maximum absolute atomic E-state index is 10.7. The SMILES string of the molecule is CC1(C)OCC(C)(C)C(C=O)O1.NCCCO. The van der Waals surface area contributed by atoms with Crippen molar-refractivity contribution in [2.45, 2.75) is 46.0 Å². The number of nitrogens with two attached hydrogens (primary N) is 1. The second-order valence-corrected chi connectivity index (χ2v) is 5.22. The molecule has 102 valence electrons. The molecule has 0 aromatic heterocycles. The minimum absolute atomic E-state index is 0.211. The molecule has 1 saturated heterocycles. The van der Waals surface area contributed by atoms with Crippen molar-refractivity contribution in [3.8, 4) is 0 Å². The number of carbonyl (C=O) groups is 1. The van der Waals surface area contributed by atoms with E-state index < -0.39 is 5.79 Å². The highest BCUT2D eigenvalue weighted by Gasteiger charge is 2.41.